The van der Waals surface area contributed by atoms with Gasteiger partial charge in [-0.2, -0.15) is 13.2 Å². The van der Waals surface area contributed by atoms with Crippen molar-refractivity contribution in [3.63, 3.8) is 0 Å². The van der Waals surface area contributed by atoms with Crippen LogP contribution in [0.15, 0.2) is 36.5 Å². The molecule has 0 radical (unpaired) electrons. The Hall–Kier alpha value is -2.55. The lowest BCUT2D eigenvalue weighted by molar-refractivity contribution is -0.384. The number of halogens is 4. The molecule has 10 heteroatoms. The van der Waals surface area contributed by atoms with Crippen LogP contribution in [0.1, 0.15) is 5.56 Å². The molecule has 0 amide bonds. The lowest BCUT2D eigenvalue weighted by atomic mass is 10.1. The molecule has 0 unspecified atom stereocenters. The van der Waals surface area contributed by atoms with E-state index < -0.39 is 22.4 Å². The quantitative estimate of drug-likeness (QED) is 0.589. The van der Waals surface area contributed by atoms with E-state index in [2.05, 4.69) is 4.98 Å². The predicted molar refractivity (Wildman–Crippen MR) is 91.8 cm³/mol. The molecule has 6 nitrogen and oxygen atoms in total. The lowest BCUT2D eigenvalue weighted by Gasteiger charge is -2.36. The minimum Gasteiger partial charge on any atom is -0.362 e. The van der Waals surface area contributed by atoms with Crippen molar-refractivity contribution in [1.29, 1.82) is 0 Å². The molecule has 0 spiro atoms. The fourth-order valence-corrected chi connectivity index (χ4v) is 2.96. The van der Waals surface area contributed by atoms with Crippen LogP contribution in [0, 0.1) is 10.1 Å². The van der Waals surface area contributed by atoms with Crippen molar-refractivity contribution in [3.8, 4) is 0 Å². The summed E-state index contributed by atoms with van der Waals surface area (Å²) in [7, 11) is 0. The second kappa shape index (κ2) is 6.99. The van der Waals surface area contributed by atoms with Crippen molar-refractivity contribution >= 4 is 28.8 Å². The molecule has 0 bridgehead atoms. The van der Waals surface area contributed by atoms with Gasteiger partial charge in [-0.05, 0) is 24.3 Å². The van der Waals surface area contributed by atoms with Crippen LogP contribution in [0.3, 0.4) is 0 Å². The number of pyridine rings is 1. The van der Waals surface area contributed by atoms with Crippen LogP contribution < -0.4 is 9.80 Å². The number of aromatic nitrogens is 1. The van der Waals surface area contributed by atoms with Crippen molar-refractivity contribution < 1.29 is 18.1 Å². The normalized spacial score (nSPS) is 15.2. The zero-order chi connectivity index (χ0) is 18.9. The average Bonchev–Trinajstić information content (AvgIpc) is 2.61. The smallest absolute Gasteiger partial charge is 0.362 e. The third-order valence-corrected chi connectivity index (χ3v) is 4.38. The van der Waals surface area contributed by atoms with E-state index in [1.807, 2.05) is 4.90 Å². The highest BCUT2D eigenvalue weighted by Gasteiger charge is 2.34. The third-order valence-electron chi connectivity index (χ3n) is 4.16. The fourth-order valence-electron chi connectivity index (χ4n) is 2.84. The number of benzene rings is 1. The van der Waals surface area contributed by atoms with Crippen LogP contribution >= 0.6 is 11.6 Å². The predicted octanol–water partition coefficient (Wildman–Crippen LogP) is 3.99. The van der Waals surface area contributed by atoms with Gasteiger partial charge >= 0.3 is 6.18 Å². The standard InChI is InChI=1S/C16H14ClF3N4O2/c17-12-2-4-15(21-10-12)23-7-5-22(6-8-23)13-3-1-11(16(18,19)20)9-14(13)24(25)26/h1-4,9-10H,5-8H2. The molecule has 1 aromatic carbocycles. The number of anilines is 2. The Morgan fingerprint density at radius 2 is 1.73 bits per heavy atom. The summed E-state index contributed by atoms with van der Waals surface area (Å²) in [5.41, 5.74) is -1.39. The Morgan fingerprint density at radius 1 is 1.08 bits per heavy atom. The summed E-state index contributed by atoms with van der Waals surface area (Å²) >= 11 is 5.81. The summed E-state index contributed by atoms with van der Waals surface area (Å²) in [5, 5.41) is 11.8. The highest BCUT2D eigenvalue weighted by molar-refractivity contribution is 6.30. The van der Waals surface area contributed by atoms with E-state index in [-0.39, 0.29) is 5.69 Å². The van der Waals surface area contributed by atoms with Gasteiger partial charge in [0.1, 0.15) is 11.5 Å². The molecule has 1 fully saturated rings. The molecule has 0 atom stereocenters. The lowest BCUT2D eigenvalue weighted by Crippen LogP contribution is -2.47. The van der Waals surface area contributed by atoms with E-state index in [0.717, 1.165) is 18.0 Å². The van der Waals surface area contributed by atoms with Crippen molar-refractivity contribution in [3.05, 3.63) is 57.2 Å². The second-order valence-electron chi connectivity index (χ2n) is 5.77. The maximum Gasteiger partial charge on any atom is 0.416 e. The van der Waals surface area contributed by atoms with Gasteiger partial charge < -0.3 is 9.80 Å². The largest absolute Gasteiger partial charge is 0.416 e. The summed E-state index contributed by atoms with van der Waals surface area (Å²) in [6, 6.07) is 6.12. The molecule has 3 rings (SSSR count). The number of nitrogens with zero attached hydrogens (tertiary/aromatic N) is 4. The molecule has 2 heterocycles. The molecule has 138 valence electrons. The Morgan fingerprint density at radius 3 is 2.27 bits per heavy atom. The highest BCUT2D eigenvalue weighted by atomic mass is 35.5. The number of rotatable bonds is 3. The first-order chi connectivity index (χ1) is 12.3. The number of hydrogen-bond acceptors (Lipinski definition) is 5. The Labute approximate surface area is 151 Å². The maximum absolute atomic E-state index is 12.8. The molecule has 1 saturated heterocycles. The van der Waals surface area contributed by atoms with Crippen LogP contribution in [-0.2, 0) is 6.18 Å². The monoisotopic (exact) mass is 386 g/mol. The zero-order valence-corrected chi connectivity index (χ0v) is 14.2. The van der Waals surface area contributed by atoms with Crippen LogP contribution in [-0.4, -0.2) is 36.1 Å². The van der Waals surface area contributed by atoms with Crippen molar-refractivity contribution in [2.45, 2.75) is 6.18 Å². The van der Waals surface area contributed by atoms with E-state index in [0.29, 0.717) is 37.3 Å². The van der Waals surface area contributed by atoms with Gasteiger partial charge in [0.25, 0.3) is 5.69 Å². The van der Waals surface area contributed by atoms with Gasteiger partial charge in [0.05, 0.1) is 15.5 Å². The van der Waals surface area contributed by atoms with Crippen molar-refractivity contribution in [2.75, 3.05) is 36.0 Å². The van der Waals surface area contributed by atoms with E-state index >= 15 is 0 Å². The molecule has 26 heavy (non-hydrogen) atoms. The fraction of sp³-hybridized carbons (Fsp3) is 0.312. The second-order valence-corrected chi connectivity index (χ2v) is 6.20. The third kappa shape index (κ3) is 3.82. The van der Waals surface area contributed by atoms with Crippen LogP contribution in [0.25, 0.3) is 0 Å². The molecule has 0 N–H and O–H groups in total. The molecule has 0 saturated carbocycles. The van der Waals surface area contributed by atoms with E-state index in [4.69, 9.17) is 11.6 Å². The number of nitro groups is 1. The summed E-state index contributed by atoms with van der Waals surface area (Å²) in [4.78, 5) is 18.4. The van der Waals surface area contributed by atoms with Crippen LogP contribution in [0.4, 0.5) is 30.4 Å². The van der Waals surface area contributed by atoms with Gasteiger partial charge in [0.15, 0.2) is 0 Å². The first-order valence-corrected chi connectivity index (χ1v) is 8.10. The van der Waals surface area contributed by atoms with Gasteiger partial charge in [-0.3, -0.25) is 10.1 Å². The van der Waals surface area contributed by atoms with E-state index in [9.17, 15) is 23.3 Å². The minimum absolute atomic E-state index is 0.187. The summed E-state index contributed by atoms with van der Waals surface area (Å²) in [6.45, 7) is 1.92. The number of piperazine rings is 1. The molecular formula is C16H14ClF3N4O2. The van der Waals surface area contributed by atoms with E-state index in [1.165, 1.54) is 6.20 Å². The van der Waals surface area contributed by atoms with E-state index in [1.54, 1.807) is 17.0 Å². The van der Waals surface area contributed by atoms with Gasteiger partial charge in [-0.1, -0.05) is 11.6 Å². The van der Waals surface area contributed by atoms with Crippen LogP contribution in [0.2, 0.25) is 5.02 Å². The molecule has 2 aromatic rings. The minimum atomic E-state index is -4.62. The Kier molecular flexibility index (Phi) is 4.90. The zero-order valence-electron chi connectivity index (χ0n) is 13.4. The number of alkyl halides is 3. The molecule has 0 aliphatic carbocycles. The first kappa shape index (κ1) is 18.2. The first-order valence-electron chi connectivity index (χ1n) is 7.73. The number of nitro benzene ring substituents is 1. The summed E-state index contributed by atoms with van der Waals surface area (Å²) < 4.78 is 38.4. The molecular weight excluding hydrogens is 373 g/mol. The maximum atomic E-state index is 12.8. The molecule has 1 aliphatic heterocycles. The van der Waals surface area contributed by atoms with Gasteiger partial charge in [-0.15, -0.1) is 0 Å². The Balaban J connectivity index is 1.78. The molecule has 1 aliphatic rings. The van der Waals surface area contributed by atoms with Gasteiger partial charge in [0, 0.05) is 38.4 Å². The topological polar surface area (TPSA) is 62.5 Å². The number of hydrogen-bond donors (Lipinski definition) is 0. The van der Waals surface area contributed by atoms with Crippen molar-refractivity contribution in [1.82, 2.24) is 4.98 Å². The summed E-state index contributed by atoms with van der Waals surface area (Å²) in [6.07, 6.45) is -3.09. The highest BCUT2D eigenvalue weighted by Crippen LogP contribution is 2.36. The van der Waals surface area contributed by atoms with Crippen molar-refractivity contribution in [2.24, 2.45) is 0 Å². The van der Waals surface area contributed by atoms with Gasteiger partial charge in [-0.25, -0.2) is 4.98 Å². The average molecular weight is 387 g/mol. The van der Waals surface area contributed by atoms with Gasteiger partial charge in [0.2, 0.25) is 0 Å². The molecule has 1 aromatic heterocycles. The van der Waals surface area contributed by atoms with Crippen LogP contribution in [0.5, 0.6) is 0 Å². The summed E-state index contributed by atoms with van der Waals surface area (Å²) in [5.74, 6) is 0.732. The Bertz CT molecular complexity index is 806. The SMILES string of the molecule is O=[N+]([O-])c1cc(C(F)(F)F)ccc1N1CCN(c2ccc(Cl)cn2)CC1.